The monoisotopic (exact) mass is 243 g/mol. The van der Waals surface area contributed by atoms with Crippen molar-refractivity contribution in [2.75, 3.05) is 6.54 Å². The maximum Gasteiger partial charge on any atom is 0.411 e. The summed E-state index contributed by atoms with van der Waals surface area (Å²) >= 11 is 0. The van der Waals surface area contributed by atoms with Crippen molar-refractivity contribution < 1.29 is 19.4 Å². The number of carboxylic acids is 1. The number of hydrogen-bond acceptors (Lipinski definition) is 3. The molecule has 0 radical (unpaired) electrons. The first-order valence-corrected chi connectivity index (χ1v) is 5.97. The second-order valence-corrected chi connectivity index (χ2v) is 5.43. The lowest BCUT2D eigenvalue weighted by Gasteiger charge is -2.35. The van der Waals surface area contributed by atoms with E-state index in [0.717, 1.165) is 0 Å². The summed E-state index contributed by atoms with van der Waals surface area (Å²) in [4.78, 5) is 24.7. The van der Waals surface area contributed by atoms with Gasteiger partial charge in [0.05, 0.1) is 0 Å². The average molecular weight is 243 g/mol. The summed E-state index contributed by atoms with van der Waals surface area (Å²) in [6.07, 6.45) is 1.08. The molecule has 0 spiro atoms. The first-order valence-electron chi connectivity index (χ1n) is 5.97. The highest BCUT2D eigenvalue weighted by Gasteiger charge is 2.49. The van der Waals surface area contributed by atoms with Gasteiger partial charge in [0, 0.05) is 6.54 Å². The van der Waals surface area contributed by atoms with E-state index in [1.807, 2.05) is 0 Å². The van der Waals surface area contributed by atoms with Gasteiger partial charge in [-0.3, -0.25) is 4.90 Å². The van der Waals surface area contributed by atoms with Crippen molar-refractivity contribution in [3.63, 3.8) is 0 Å². The van der Waals surface area contributed by atoms with E-state index >= 15 is 0 Å². The second kappa shape index (κ2) is 4.55. The van der Waals surface area contributed by atoms with Crippen molar-refractivity contribution in [2.45, 2.75) is 58.1 Å². The summed E-state index contributed by atoms with van der Waals surface area (Å²) in [5, 5.41) is 9.33. The van der Waals surface area contributed by atoms with Crippen LogP contribution >= 0.6 is 0 Å². The minimum Gasteiger partial charge on any atom is -0.479 e. The molecular weight excluding hydrogens is 222 g/mol. The smallest absolute Gasteiger partial charge is 0.411 e. The van der Waals surface area contributed by atoms with Crippen LogP contribution in [0.2, 0.25) is 0 Å². The van der Waals surface area contributed by atoms with Gasteiger partial charge in [-0.15, -0.1) is 0 Å². The van der Waals surface area contributed by atoms with Crippen molar-refractivity contribution in [3.8, 4) is 0 Å². The molecule has 0 aromatic rings. The number of rotatable bonds is 2. The van der Waals surface area contributed by atoms with Crippen molar-refractivity contribution in [3.05, 3.63) is 0 Å². The van der Waals surface area contributed by atoms with Crippen LogP contribution in [0.15, 0.2) is 0 Å². The molecule has 1 amide bonds. The summed E-state index contributed by atoms with van der Waals surface area (Å²) in [6, 6.07) is 0. The fraction of sp³-hybridized carbons (Fsp3) is 0.833. The zero-order valence-corrected chi connectivity index (χ0v) is 10.9. The first kappa shape index (κ1) is 13.8. The molecule has 1 rings (SSSR count). The van der Waals surface area contributed by atoms with Crippen LogP contribution in [0.5, 0.6) is 0 Å². The lowest BCUT2D eigenvalue weighted by molar-refractivity contribution is -0.149. The molecule has 1 saturated heterocycles. The van der Waals surface area contributed by atoms with Gasteiger partial charge in [-0.2, -0.15) is 0 Å². The van der Waals surface area contributed by atoms with E-state index < -0.39 is 23.2 Å². The Morgan fingerprint density at radius 1 is 1.41 bits per heavy atom. The van der Waals surface area contributed by atoms with Crippen LogP contribution in [-0.4, -0.2) is 39.8 Å². The minimum absolute atomic E-state index is 0.404. The van der Waals surface area contributed by atoms with Gasteiger partial charge in [0.1, 0.15) is 11.1 Å². The van der Waals surface area contributed by atoms with E-state index in [9.17, 15) is 14.7 Å². The first-order chi connectivity index (χ1) is 7.73. The van der Waals surface area contributed by atoms with Crippen LogP contribution in [-0.2, 0) is 9.53 Å². The van der Waals surface area contributed by atoms with Crippen molar-refractivity contribution >= 4 is 12.1 Å². The van der Waals surface area contributed by atoms with Crippen LogP contribution in [0.3, 0.4) is 0 Å². The van der Waals surface area contributed by atoms with Crippen molar-refractivity contribution in [2.24, 2.45) is 0 Å². The predicted octanol–water partition coefficient (Wildman–Crippen LogP) is 2.25. The average Bonchev–Trinajstić information content (AvgIpc) is 2.59. The van der Waals surface area contributed by atoms with E-state index in [4.69, 9.17) is 4.74 Å². The number of aliphatic carboxylic acids is 1. The zero-order chi connectivity index (χ0) is 13.3. The van der Waals surface area contributed by atoms with Gasteiger partial charge in [0.15, 0.2) is 0 Å². The highest BCUT2D eigenvalue weighted by molar-refractivity contribution is 5.85. The van der Waals surface area contributed by atoms with Gasteiger partial charge in [-0.05, 0) is 40.0 Å². The number of carboxylic acid groups (broad SMARTS) is 1. The largest absolute Gasteiger partial charge is 0.479 e. The molecule has 1 atom stereocenters. The standard InChI is InChI=1S/C12H21NO4/c1-5-12(9(14)15)7-6-8-13(12)10(16)17-11(2,3)4/h5-8H2,1-4H3,(H,14,15). The third-order valence-electron chi connectivity index (χ3n) is 3.09. The van der Waals surface area contributed by atoms with Crippen LogP contribution in [0.25, 0.3) is 0 Å². The highest BCUT2D eigenvalue weighted by atomic mass is 16.6. The summed E-state index contributed by atoms with van der Waals surface area (Å²) in [5.74, 6) is -0.941. The Bertz CT molecular complexity index is 321. The molecule has 1 unspecified atom stereocenters. The molecule has 0 aromatic carbocycles. The molecule has 0 saturated carbocycles. The SMILES string of the molecule is CCC1(C(=O)O)CCCN1C(=O)OC(C)(C)C. The van der Waals surface area contributed by atoms with Gasteiger partial charge in [0.25, 0.3) is 0 Å². The number of nitrogens with zero attached hydrogens (tertiary/aromatic N) is 1. The van der Waals surface area contributed by atoms with Crippen LogP contribution in [0, 0.1) is 0 Å². The maximum absolute atomic E-state index is 12.0. The molecular formula is C12H21NO4. The molecule has 1 aliphatic heterocycles. The quantitative estimate of drug-likeness (QED) is 0.807. The Hall–Kier alpha value is -1.26. The number of hydrogen-bond donors (Lipinski definition) is 1. The Labute approximate surface area is 102 Å². The fourth-order valence-electron chi connectivity index (χ4n) is 2.20. The van der Waals surface area contributed by atoms with E-state index in [1.165, 1.54) is 4.90 Å². The Morgan fingerprint density at radius 3 is 2.41 bits per heavy atom. The topological polar surface area (TPSA) is 66.8 Å². The number of carbonyl (C=O) groups excluding carboxylic acids is 1. The predicted molar refractivity (Wildman–Crippen MR) is 62.8 cm³/mol. The van der Waals surface area contributed by atoms with Gasteiger partial charge in [-0.25, -0.2) is 9.59 Å². The van der Waals surface area contributed by atoms with Crippen molar-refractivity contribution in [1.82, 2.24) is 4.90 Å². The fourth-order valence-corrected chi connectivity index (χ4v) is 2.20. The molecule has 0 aliphatic carbocycles. The molecule has 5 heteroatoms. The van der Waals surface area contributed by atoms with Crippen LogP contribution in [0.1, 0.15) is 47.0 Å². The summed E-state index contributed by atoms with van der Waals surface area (Å²) in [6.45, 7) is 7.56. The molecule has 0 aromatic heterocycles. The van der Waals surface area contributed by atoms with Gasteiger partial charge >= 0.3 is 12.1 Å². The molecule has 1 N–H and O–H groups in total. The van der Waals surface area contributed by atoms with E-state index in [2.05, 4.69) is 0 Å². The van der Waals surface area contributed by atoms with Gasteiger partial charge in [0.2, 0.25) is 0 Å². The summed E-state index contributed by atoms with van der Waals surface area (Å²) < 4.78 is 5.25. The van der Waals surface area contributed by atoms with E-state index in [1.54, 1.807) is 27.7 Å². The lowest BCUT2D eigenvalue weighted by Crippen LogP contribution is -2.53. The Morgan fingerprint density at radius 2 is 2.00 bits per heavy atom. The summed E-state index contributed by atoms with van der Waals surface area (Å²) in [5.41, 5.74) is -1.68. The number of carbonyl (C=O) groups is 2. The molecule has 1 heterocycles. The third-order valence-corrected chi connectivity index (χ3v) is 3.09. The maximum atomic E-state index is 12.0. The number of likely N-dealkylation sites (tertiary alicyclic amines) is 1. The van der Waals surface area contributed by atoms with Crippen molar-refractivity contribution in [1.29, 1.82) is 0 Å². The van der Waals surface area contributed by atoms with Crippen LogP contribution < -0.4 is 0 Å². The van der Waals surface area contributed by atoms with Crippen LogP contribution in [0.4, 0.5) is 4.79 Å². The molecule has 17 heavy (non-hydrogen) atoms. The number of amides is 1. The third kappa shape index (κ3) is 2.70. The Balaban J connectivity index is 2.89. The minimum atomic E-state index is -1.08. The molecule has 1 fully saturated rings. The Kier molecular flexibility index (Phi) is 3.69. The molecule has 98 valence electrons. The highest BCUT2D eigenvalue weighted by Crippen LogP contribution is 2.33. The van der Waals surface area contributed by atoms with Gasteiger partial charge < -0.3 is 9.84 Å². The molecule has 0 bridgehead atoms. The molecule has 5 nitrogen and oxygen atoms in total. The normalized spacial score (nSPS) is 24.8. The zero-order valence-electron chi connectivity index (χ0n) is 10.9. The lowest BCUT2D eigenvalue weighted by atomic mass is 9.93. The van der Waals surface area contributed by atoms with E-state index in [-0.39, 0.29) is 0 Å². The summed E-state index contributed by atoms with van der Waals surface area (Å²) in [7, 11) is 0. The number of ether oxygens (including phenoxy) is 1. The molecule has 1 aliphatic rings. The van der Waals surface area contributed by atoms with E-state index in [0.29, 0.717) is 25.8 Å². The second-order valence-electron chi connectivity index (χ2n) is 5.43. The van der Waals surface area contributed by atoms with Gasteiger partial charge in [-0.1, -0.05) is 6.92 Å².